The quantitative estimate of drug-likeness (QED) is 0.0641. The van der Waals surface area contributed by atoms with Crippen molar-refractivity contribution in [1.82, 2.24) is 9.80 Å². The SMILES string of the molecule is CCCCN1C(=O)c2ccc3c4ccc5c6c(ccc(c7ccc(c2c37)C1=O)c64)C(=O)N(CCCO[C@@H](C)C(=O)O[C@@H](C)C(=O)O)C5=O. The summed E-state index contributed by atoms with van der Waals surface area (Å²) in [4.78, 5) is 80.1. The van der Waals surface area contributed by atoms with Crippen LogP contribution in [0.15, 0.2) is 48.5 Å². The van der Waals surface area contributed by atoms with E-state index in [0.29, 0.717) is 39.6 Å². The molecule has 2 atom stereocenters. The summed E-state index contributed by atoms with van der Waals surface area (Å²) in [7, 11) is 0. The van der Waals surface area contributed by atoms with Crippen molar-refractivity contribution >= 4 is 78.7 Å². The van der Waals surface area contributed by atoms with E-state index in [1.807, 2.05) is 31.2 Å². The molecule has 0 radical (unpaired) electrons. The Hall–Kier alpha value is -5.42. The first-order chi connectivity index (χ1) is 23.0. The topological polar surface area (TPSA) is 148 Å². The number of nitrogens with zero attached hydrogens (tertiary/aromatic N) is 2. The van der Waals surface area contributed by atoms with Crippen molar-refractivity contribution in [1.29, 1.82) is 0 Å². The van der Waals surface area contributed by atoms with E-state index in [2.05, 4.69) is 0 Å². The van der Waals surface area contributed by atoms with E-state index >= 15 is 0 Å². The molecule has 0 unspecified atom stereocenters. The average molecular weight is 649 g/mol. The molecular formula is C37H32N2O9. The molecule has 5 aromatic carbocycles. The maximum absolute atomic E-state index is 13.8. The smallest absolute Gasteiger partial charge is 0.344 e. The first kappa shape index (κ1) is 31.2. The Bertz CT molecular complexity index is 2120. The Morgan fingerprint density at radius 3 is 1.40 bits per heavy atom. The van der Waals surface area contributed by atoms with Crippen LogP contribution in [0, 0.1) is 0 Å². The van der Waals surface area contributed by atoms with Crippen LogP contribution in [0.1, 0.15) is 81.5 Å². The Morgan fingerprint density at radius 2 is 1.02 bits per heavy atom. The molecule has 2 aliphatic rings. The number of ether oxygens (including phenoxy) is 2. The number of hydrogen-bond acceptors (Lipinski definition) is 8. The monoisotopic (exact) mass is 648 g/mol. The fourth-order valence-corrected chi connectivity index (χ4v) is 6.96. The summed E-state index contributed by atoms with van der Waals surface area (Å²) in [6.07, 6.45) is -0.520. The Morgan fingerprint density at radius 1 is 0.625 bits per heavy atom. The second-order valence-electron chi connectivity index (χ2n) is 12.3. The lowest BCUT2D eigenvalue weighted by Crippen LogP contribution is -2.41. The van der Waals surface area contributed by atoms with Crippen LogP contribution in [0.3, 0.4) is 0 Å². The van der Waals surface area contributed by atoms with Gasteiger partial charge in [0, 0.05) is 52.7 Å². The van der Waals surface area contributed by atoms with Gasteiger partial charge >= 0.3 is 11.9 Å². The molecule has 11 heteroatoms. The molecule has 0 fully saturated rings. The molecule has 0 saturated heterocycles. The highest BCUT2D eigenvalue weighted by molar-refractivity contribution is 6.41. The maximum Gasteiger partial charge on any atom is 0.344 e. The number of rotatable bonds is 11. The van der Waals surface area contributed by atoms with Crippen LogP contribution in [0.2, 0.25) is 0 Å². The van der Waals surface area contributed by atoms with Crippen LogP contribution in [-0.2, 0) is 19.1 Å². The summed E-state index contributed by atoms with van der Waals surface area (Å²) in [6.45, 7) is 5.12. The average Bonchev–Trinajstić information content (AvgIpc) is 3.08. The van der Waals surface area contributed by atoms with Gasteiger partial charge in [0.2, 0.25) is 0 Å². The molecule has 0 bridgehead atoms. The number of imide groups is 2. The van der Waals surface area contributed by atoms with E-state index in [1.165, 1.54) is 23.6 Å². The number of aliphatic carboxylic acids is 1. The van der Waals surface area contributed by atoms with Crippen molar-refractivity contribution in [2.45, 2.75) is 52.2 Å². The third-order valence-corrected chi connectivity index (χ3v) is 9.41. The largest absolute Gasteiger partial charge is 0.479 e. The van der Waals surface area contributed by atoms with Gasteiger partial charge in [-0.3, -0.25) is 29.0 Å². The number of esters is 1. The first-order valence-corrected chi connectivity index (χ1v) is 16.0. The highest BCUT2D eigenvalue weighted by Gasteiger charge is 2.36. The number of hydrogen-bond donors (Lipinski definition) is 1. The molecule has 1 N–H and O–H groups in total. The number of benzene rings is 5. The lowest BCUT2D eigenvalue weighted by atomic mass is 9.82. The second kappa shape index (κ2) is 11.7. The standard InChI is InChI=1S/C37H32N2O9/c1-4-5-15-38-32(40)24-11-7-20-22-9-13-26-31-27(14-10-23(29(22)31)21-8-12-25(33(38)41)30(24)28(20)21)35(43)39(34(26)42)16-6-17-47-19(3)37(46)48-18(2)36(44)45/h7-14,18-19H,4-6,15-17H2,1-3H3,(H,44,45)/t18-,19-/m0/s1. The summed E-state index contributed by atoms with van der Waals surface area (Å²) >= 11 is 0. The van der Waals surface area contributed by atoms with E-state index in [-0.39, 0.29) is 31.4 Å². The van der Waals surface area contributed by atoms with Crippen LogP contribution in [0.25, 0.3) is 43.1 Å². The molecule has 2 heterocycles. The molecule has 48 heavy (non-hydrogen) atoms. The highest BCUT2D eigenvalue weighted by atomic mass is 16.6. The van der Waals surface area contributed by atoms with Crippen molar-refractivity contribution in [3.05, 3.63) is 70.8 Å². The van der Waals surface area contributed by atoms with Crippen molar-refractivity contribution in [2.75, 3.05) is 19.7 Å². The highest BCUT2D eigenvalue weighted by Crippen LogP contribution is 2.46. The summed E-state index contributed by atoms with van der Waals surface area (Å²) in [6, 6.07) is 14.5. The molecule has 2 aliphatic heterocycles. The molecule has 0 saturated carbocycles. The second-order valence-corrected chi connectivity index (χ2v) is 12.3. The molecule has 0 aromatic heterocycles. The Balaban J connectivity index is 1.22. The van der Waals surface area contributed by atoms with Crippen LogP contribution >= 0.6 is 0 Å². The molecule has 4 amide bonds. The molecule has 7 rings (SSSR count). The van der Waals surface area contributed by atoms with E-state index in [9.17, 15) is 28.8 Å². The number of carboxylic acids is 1. The van der Waals surface area contributed by atoms with E-state index in [0.717, 1.165) is 45.2 Å². The third-order valence-electron chi connectivity index (χ3n) is 9.41. The number of carboxylic acid groups (broad SMARTS) is 1. The zero-order valence-electron chi connectivity index (χ0n) is 26.6. The van der Waals surface area contributed by atoms with Crippen LogP contribution in [0.4, 0.5) is 0 Å². The van der Waals surface area contributed by atoms with Crippen molar-refractivity contribution < 1.29 is 43.3 Å². The predicted molar refractivity (Wildman–Crippen MR) is 177 cm³/mol. The van der Waals surface area contributed by atoms with E-state index < -0.39 is 36.0 Å². The van der Waals surface area contributed by atoms with Gasteiger partial charge in [-0.05, 0) is 83.3 Å². The molecular weight excluding hydrogens is 616 g/mol. The van der Waals surface area contributed by atoms with Gasteiger partial charge in [0.25, 0.3) is 23.6 Å². The lowest BCUT2D eigenvalue weighted by molar-refractivity contribution is -0.170. The lowest BCUT2D eigenvalue weighted by Gasteiger charge is -2.30. The maximum atomic E-state index is 13.8. The van der Waals surface area contributed by atoms with Gasteiger partial charge in [-0.1, -0.05) is 37.6 Å². The van der Waals surface area contributed by atoms with Gasteiger partial charge < -0.3 is 14.6 Å². The van der Waals surface area contributed by atoms with Crippen molar-refractivity contribution in [3.63, 3.8) is 0 Å². The van der Waals surface area contributed by atoms with Gasteiger partial charge in [-0.15, -0.1) is 0 Å². The molecule has 5 aromatic rings. The van der Waals surface area contributed by atoms with Gasteiger partial charge in [0.1, 0.15) is 0 Å². The molecule has 0 spiro atoms. The van der Waals surface area contributed by atoms with E-state index in [1.54, 1.807) is 24.3 Å². The third kappa shape index (κ3) is 4.60. The normalized spacial score (nSPS) is 15.7. The van der Waals surface area contributed by atoms with Gasteiger partial charge in [-0.25, -0.2) is 9.59 Å². The summed E-state index contributed by atoms with van der Waals surface area (Å²) in [5.41, 5.74) is 1.75. The molecule has 0 aliphatic carbocycles. The summed E-state index contributed by atoms with van der Waals surface area (Å²) < 4.78 is 10.3. The number of unbranched alkanes of at least 4 members (excludes halogenated alkanes) is 1. The van der Waals surface area contributed by atoms with Gasteiger partial charge in [-0.2, -0.15) is 0 Å². The molecule has 11 nitrogen and oxygen atoms in total. The Kier molecular flexibility index (Phi) is 7.59. The Labute approximate surface area is 274 Å². The fourth-order valence-electron chi connectivity index (χ4n) is 6.96. The first-order valence-electron chi connectivity index (χ1n) is 16.0. The number of amides is 4. The predicted octanol–water partition coefficient (Wildman–Crippen LogP) is 5.54. The van der Waals surface area contributed by atoms with Crippen molar-refractivity contribution in [2.24, 2.45) is 0 Å². The minimum atomic E-state index is -1.31. The van der Waals surface area contributed by atoms with Crippen LogP contribution in [-0.4, -0.2) is 82.4 Å². The zero-order valence-corrected chi connectivity index (χ0v) is 26.6. The number of fused-ring (bicyclic) bond motifs is 2. The summed E-state index contributed by atoms with van der Waals surface area (Å²) in [5.74, 6) is -3.59. The van der Waals surface area contributed by atoms with Gasteiger partial charge in [0.05, 0.1) is 0 Å². The van der Waals surface area contributed by atoms with Crippen LogP contribution < -0.4 is 0 Å². The fraction of sp³-hybridized carbons (Fsp3) is 0.297. The summed E-state index contributed by atoms with van der Waals surface area (Å²) in [5, 5.41) is 15.0. The minimum Gasteiger partial charge on any atom is -0.479 e. The van der Waals surface area contributed by atoms with E-state index in [4.69, 9.17) is 14.6 Å². The zero-order chi connectivity index (χ0) is 34.0. The van der Waals surface area contributed by atoms with Crippen molar-refractivity contribution in [3.8, 4) is 0 Å². The van der Waals surface area contributed by atoms with Crippen LogP contribution in [0.5, 0.6) is 0 Å². The van der Waals surface area contributed by atoms with Gasteiger partial charge in [0.15, 0.2) is 12.2 Å². The number of carbonyl (C=O) groups is 6. The minimum absolute atomic E-state index is 0.0288. The molecule has 244 valence electrons. The number of carbonyl (C=O) groups excluding carboxylic acids is 5.